The first-order valence-electron chi connectivity index (χ1n) is 6.21. The number of benzene rings is 1. The van der Waals surface area contributed by atoms with Crippen molar-refractivity contribution in [2.24, 2.45) is 0 Å². The first-order chi connectivity index (χ1) is 10.1. The molecule has 0 spiro atoms. The molecule has 0 aliphatic heterocycles. The smallest absolute Gasteiger partial charge is 0.335 e. The minimum atomic E-state index is -0.517. The summed E-state index contributed by atoms with van der Waals surface area (Å²) >= 11 is 0. The summed E-state index contributed by atoms with van der Waals surface area (Å²) in [7, 11) is 0. The molecule has 0 saturated heterocycles. The van der Waals surface area contributed by atoms with Crippen LogP contribution in [0.1, 0.15) is 21.5 Å². The monoisotopic (exact) mass is 283 g/mol. The first-order valence-corrected chi connectivity index (χ1v) is 6.21. The van der Waals surface area contributed by atoms with Crippen molar-refractivity contribution in [2.75, 3.05) is 11.9 Å². The van der Waals surface area contributed by atoms with Gasteiger partial charge in [0.05, 0.1) is 11.3 Å². The average molecular weight is 283 g/mol. The molecular weight excluding hydrogens is 270 g/mol. The van der Waals surface area contributed by atoms with Crippen LogP contribution in [0.3, 0.4) is 0 Å². The van der Waals surface area contributed by atoms with Crippen molar-refractivity contribution < 1.29 is 14.3 Å². The second-order valence-electron chi connectivity index (χ2n) is 4.31. The molecule has 2 N–H and O–H groups in total. The van der Waals surface area contributed by atoms with Crippen LogP contribution in [-0.4, -0.2) is 17.6 Å². The maximum atomic E-state index is 12.1. The quantitative estimate of drug-likeness (QED) is 0.819. The van der Waals surface area contributed by atoms with Gasteiger partial charge in [0.1, 0.15) is 12.9 Å². The molecule has 5 heteroatoms. The number of carbonyl (C=O) groups is 1. The Hall–Kier alpha value is -2.84. The lowest BCUT2D eigenvalue weighted by Gasteiger charge is -2.08. The van der Waals surface area contributed by atoms with Crippen molar-refractivity contribution in [1.82, 2.24) is 0 Å². The Morgan fingerprint density at radius 3 is 2.81 bits per heavy atom. The Morgan fingerprint density at radius 1 is 1.33 bits per heavy atom. The molecule has 1 aromatic carbocycles. The van der Waals surface area contributed by atoms with Gasteiger partial charge in [0.2, 0.25) is 0 Å². The zero-order valence-corrected chi connectivity index (χ0v) is 11.3. The molecule has 0 aliphatic rings. The first kappa shape index (κ1) is 14.6. The molecule has 2 aromatic rings. The van der Waals surface area contributed by atoms with E-state index < -0.39 is 11.5 Å². The predicted octanol–water partition coefficient (Wildman–Crippen LogP) is 1.54. The molecular formula is C16H13NO4. The van der Waals surface area contributed by atoms with E-state index in [4.69, 9.17) is 5.11 Å². The Morgan fingerprint density at radius 2 is 2.14 bits per heavy atom. The van der Waals surface area contributed by atoms with Crippen LogP contribution in [0.4, 0.5) is 5.69 Å². The van der Waals surface area contributed by atoms with Crippen LogP contribution in [0.2, 0.25) is 0 Å². The van der Waals surface area contributed by atoms with Gasteiger partial charge in [-0.3, -0.25) is 4.79 Å². The summed E-state index contributed by atoms with van der Waals surface area (Å²) < 4.78 is 4.65. The van der Waals surface area contributed by atoms with E-state index in [0.717, 1.165) is 11.8 Å². The fourth-order valence-corrected chi connectivity index (χ4v) is 1.69. The molecule has 1 amide bonds. The Kier molecular flexibility index (Phi) is 4.54. The minimum absolute atomic E-state index is 0.233. The van der Waals surface area contributed by atoms with Crippen LogP contribution in [0.5, 0.6) is 0 Å². The van der Waals surface area contributed by atoms with Gasteiger partial charge in [0.25, 0.3) is 5.91 Å². The zero-order chi connectivity index (χ0) is 15.2. The van der Waals surface area contributed by atoms with Crippen molar-refractivity contribution in [3.05, 3.63) is 63.7 Å². The summed E-state index contributed by atoms with van der Waals surface area (Å²) in [4.78, 5) is 22.9. The van der Waals surface area contributed by atoms with Gasteiger partial charge in [-0.15, -0.1) is 0 Å². The Bertz CT molecular complexity index is 760. The van der Waals surface area contributed by atoms with Gasteiger partial charge in [-0.1, -0.05) is 17.9 Å². The highest BCUT2D eigenvalue weighted by atomic mass is 16.4. The second kappa shape index (κ2) is 6.55. The van der Waals surface area contributed by atoms with Crippen molar-refractivity contribution in [2.45, 2.75) is 6.92 Å². The highest BCUT2D eigenvalue weighted by molar-refractivity contribution is 6.04. The molecule has 1 heterocycles. The number of amides is 1. The highest BCUT2D eigenvalue weighted by Crippen LogP contribution is 2.17. The number of hydrogen-bond acceptors (Lipinski definition) is 4. The molecule has 0 radical (unpaired) electrons. The lowest BCUT2D eigenvalue weighted by atomic mass is 10.1. The van der Waals surface area contributed by atoms with Crippen LogP contribution in [0.25, 0.3) is 0 Å². The SMILES string of the molecule is Cc1ccc(NC(=O)c2ccc(=O)oc2)c(C#CCO)c1. The summed E-state index contributed by atoms with van der Waals surface area (Å²) in [6.45, 7) is 1.65. The van der Waals surface area contributed by atoms with Crippen molar-refractivity contribution in [1.29, 1.82) is 0 Å². The number of carbonyl (C=O) groups excluding carboxylic acids is 1. The lowest BCUT2D eigenvalue weighted by Crippen LogP contribution is -2.14. The van der Waals surface area contributed by atoms with Gasteiger partial charge in [-0.25, -0.2) is 4.79 Å². The van der Waals surface area contributed by atoms with Crippen molar-refractivity contribution >= 4 is 11.6 Å². The largest absolute Gasteiger partial charge is 0.430 e. The molecule has 5 nitrogen and oxygen atoms in total. The van der Waals surface area contributed by atoms with Gasteiger partial charge in [-0.05, 0) is 30.7 Å². The third-order valence-electron chi connectivity index (χ3n) is 2.69. The normalized spacial score (nSPS) is 9.62. The third kappa shape index (κ3) is 3.81. The second-order valence-corrected chi connectivity index (χ2v) is 4.31. The Labute approximate surface area is 121 Å². The number of aryl methyl sites for hydroxylation is 1. The van der Waals surface area contributed by atoms with Crippen LogP contribution >= 0.6 is 0 Å². The van der Waals surface area contributed by atoms with E-state index in [2.05, 4.69) is 21.6 Å². The summed E-state index contributed by atoms with van der Waals surface area (Å²) in [5.74, 6) is 4.92. The molecule has 1 aromatic heterocycles. The van der Waals surface area contributed by atoms with Crippen LogP contribution in [0, 0.1) is 18.8 Å². The standard InChI is InChI=1S/C16H13NO4/c1-11-4-6-14(12(9-11)3-2-8-18)17-16(20)13-5-7-15(19)21-10-13/h4-7,9-10,18H,8H2,1H3,(H,17,20). The number of aliphatic hydroxyl groups is 1. The molecule has 21 heavy (non-hydrogen) atoms. The average Bonchev–Trinajstić information content (AvgIpc) is 2.48. The van der Waals surface area contributed by atoms with Gasteiger partial charge in [-0.2, -0.15) is 0 Å². The number of aliphatic hydroxyl groups excluding tert-OH is 1. The maximum Gasteiger partial charge on any atom is 0.335 e. The van der Waals surface area contributed by atoms with Crippen LogP contribution < -0.4 is 10.9 Å². The predicted molar refractivity (Wildman–Crippen MR) is 78.1 cm³/mol. The number of hydrogen-bond donors (Lipinski definition) is 2. The van der Waals surface area contributed by atoms with Crippen molar-refractivity contribution in [3.63, 3.8) is 0 Å². The van der Waals surface area contributed by atoms with E-state index >= 15 is 0 Å². The third-order valence-corrected chi connectivity index (χ3v) is 2.69. The van der Waals surface area contributed by atoms with Gasteiger partial charge >= 0.3 is 5.63 Å². The van der Waals surface area contributed by atoms with E-state index in [1.807, 2.05) is 19.1 Å². The molecule has 0 fully saturated rings. The maximum absolute atomic E-state index is 12.1. The fraction of sp³-hybridized carbons (Fsp3) is 0.125. The van der Waals surface area contributed by atoms with E-state index in [1.165, 1.54) is 12.1 Å². The summed E-state index contributed by atoms with van der Waals surface area (Å²) in [5.41, 5.74) is 1.83. The lowest BCUT2D eigenvalue weighted by molar-refractivity contribution is 0.102. The highest BCUT2D eigenvalue weighted by Gasteiger charge is 2.09. The molecule has 2 rings (SSSR count). The molecule has 0 atom stereocenters. The summed E-state index contributed by atoms with van der Waals surface area (Å²) in [5, 5.41) is 11.5. The fourth-order valence-electron chi connectivity index (χ4n) is 1.69. The van der Waals surface area contributed by atoms with E-state index in [1.54, 1.807) is 6.07 Å². The van der Waals surface area contributed by atoms with Crippen molar-refractivity contribution in [3.8, 4) is 11.8 Å². The molecule has 0 aliphatic carbocycles. The zero-order valence-electron chi connectivity index (χ0n) is 11.3. The van der Waals surface area contributed by atoms with Crippen LogP contribution in [-0.2, 0) is 0 Å². The van der Waals surface area contributed by atoms with Gasteiger partial charge in [0.15, 0.2) is 0 Å². The van der Waals surface area contributed by atoms with Gasteiger partial charge in [0, 0.05) is 11.6 Å². The summed E-state index contributed by atoms with van der Waals surface area (Å²) in [6, 6.07) is 7.94. The minimum Gasteiger partial charge on any atom is -0.430 e. The number of rotatable bonds is 2. The van der Waals surface area contributed by atoms with E-state index in [0.29, 0.717) is 11.3 Å². The topological polar surface area (TPSA) is 79.5 Å². The van der Waals surface area contributed by atoms with E-state index in [9.17, 15) is 9.59 Å². The van der Waals surface area contributed by atoms with Crippen LogP contribution in [0.15, 0.2) is 45.8 Å². The van der Waals surface area contributed by atoms with Gasteiger partial charge < -0.3 is 14.8 Å². The molecule has 106 valence electrons. The van der Waals surface area contributed by atoms with E-state index in [-0.39, 0.29) is 12.2 Å². The Balaban J connectivity index is 2.28. The molecule has 0 saturated carbocycles. The molecule has 0 unspecified atom stereocenters. The number of anilines is 1. The summed E-state index contributed by atoms with van der Waals surface area (Å²) in [6.07, 6.45) is 1.10. The molecule has 0 bridgehead atoms. The number of nitrogens with one attached hydrogen (secondary N) is 1.